The Labute approximate surface area is 194 Å². The van der Waals surface area contributed by atoms with Crippen molar-refractivity contribution in [2.24, 2.45) is 0 Å². The number of benzene rings is 2. The summed E-state index contributed by atoms with van der Waals surface area (Å²) >= 11 is 5.84. The van der Waals surface area contributed by atoms with Crippen LogP contribution in [0.5, 0.6) is 0 Å². The molecule has 1 heterocycles. The second-order valence-corrected chi connectivity index (χ2v) is 9.92. The molecule has 0 aromatic heterocycles. The second kappa shape index (κ2) is 10.5. The normalized spacial score (nSPS) is 13.7. The maximum absolute atomic E-state index is 12.8. The molecule has 2 amide bonds. The Bertz CT molecular complexity index is 1080. The van der Waals surface area contributed by atoms with Crippen LogP contribution in [0, 0.1) is 0 Å². The van der Waals surface area contributed by atoms with Gasteiger partial charge in [-0.3, -0.25) is 9.59 Å². The van der Waals surface area contributed by atoms with Gasteiger partial charge in [-0.2, -0.15) is 4.31 Å². The van der Waals surface area contributed by atoms with Crippen molar-refractivity contribution in [3.8, 4) is 0 Å². The molecule has 0 spiro atoms. The Balaban J connectivity index is 1.67. The highest BCUT2D eigenvalue weighted by atomic mass is 35.5. The molecule has 0 radical (unpaired) electrons. The van der Waals surface area contributed by atoms with E-state index in [9.17, 15) is 18.0 Å². The van der Waals surface area contributed by atoms with Gasteiger partial charge in [-0.15, -0.1) is 0 Å². The number of hydrogen-bond acceptors (Lipinski definition) is 4. The maximum atomic E-state index is 12.8. The van der Waals surface area contributed by atoms with Crippen molar-refractivity contribution in [2.45, 2.75) is 38.0 Å². The first-order chi connectivity index (χ1) is 15.3. The molecule has 1 aliphatic heterocycles. The van der Waals surface area contributed by atoms with Gasteiger partial charge in [0.1, 0.15) is 0 Å². The summed E-state index contributed by atoms with van der Waals surface area (Å²) in [7, 11) is -3.55. The molecule has 0 saturated carbocycles. The number of nitrogens with zero attached hydrogens (tertiary/aromatic N) is 2. The summed E-state index contributed by atoms with van der Waals surface area (Å²) in [5.41, 5.74) is 2.07. The van der Waals surface area contributed by atoms with Crippen molar-refractivity contribution in [3.63, 3.8) is 0 Å². The molecule has 0 aliphatic carbocycles. The van der Waals surface area contributed by atoms with E-state index in [1.165, 1.54) is 4.31 Å². The van der Waals surface area contributed by atoms with Crippen LogP contribution in [0.25, 0.3) is 0 Å². The smallest absolute Gasteiger partial charge is 0.251 e. The van der Waals surface area contributed by atoms with Crippen LogP contribution < -0.4 is 10.2 Å². The van der Waals surface area contributed by atoms with Gasteiger partial charge in [0.25, 0.3) is 5.91 Å². The first kappa shape index (κ1) is 24.2. The van der Waals surface area contributed by atoms with Gasteiger partial charge in [-0.1, -0.05) is 25.4 Å². The van der Waals surface area contributed by atoms with E-state index >= 15 is 0 Å². The Kier molecular flexibility index (Phi) is 7.92. The topological polar surface area (TPSA) is 86.8 Å². The fourth-order valence-electron chi connectivity index (χ4n) is 3.83. The molecule has 172 valence electrons. The molecule has 32 heavy (non-hydrogen) atoms. The SMILES string of the molecule is CCN(CC)S(=O)(=O)c1ccc2c(c1)CCCN2C(=O)CCNC(=O)c1ccc(Cl)cc1. The Hall–Kier alpha value is -2.42. The number of halogens is 1. The fourth-order valence-corrected chi connectivity index (χ4v) is 5.46. The number of carbonyl (C=O) groups is 2. The summed E-state index contributed by atoms with van der Waals surface area (Å²) in [6, 6.07) is 11.5. The highest BCUT2D eigenvalue weighted by Crippen LogP contribution is 2.30. The molecule has 1 aliphatic rings. The van der Waals surface area contributed by atoms with E-state index < -0.39 is 10.0 Å². The van der Waals surface area contributed by atoms with Gasteiger partial charge in [-0.25, -0.2) is 8.42 Å². The van der Waals surface area contributed by atoms with E-state index in [4.69, 9.17) is 11.6 Å². The molecule has 0 atom stereocenters. The van der Waals surface area contributed by atoms with Gasteiger partial charge >= 0.3 is 0 Å². The maximum Gasteiger partial charge on any atom is 0.251 e. The predicted molar refractivity (Wildman–Crippen MR) is 126 cm³/mol. The lowest BCUT2D eigenvalue weighted by Crippen LogP contribution is -2.38. The number of carbonyl (C=O) groups excluding carboxylic acids is 2. The third-order valence-corrected chi connectivity index (χ3v) is 7.84. The monoisotopic (exact) mass is 477 g/mol. The minimum Gasteiger partial charge on any atom is -0.352 e. The summed E-state index contributed by atoms with van der Waals surface area (Å²) < 4.78 is 27.1. The molecule has 0 fully saturated rings. The number of amides is 2. The lowest BCUT2D eigenvalue weighted by molar-refractivity contribution is -0.118. The minimum absolute atomic E-state index is 0.110. The average Bonchev–Trinajstić information content (AvgIpc) is 2.79. The molecule has 2 aromatic carbocycles. The van der Waals surface area contributed by atoms with Crippen LogP contribution in [-0.2, 0) is 21.2 Å². The number of anilines is 1. The Morgan fingerprint density at radius 2 is 1.78 bits per heavy atom. The zero-order chi connectivity index (χ0) is 23.3. The van der Waals surface area contributed by atoms with Crippen LogP contribution in [0.3, 0.4) is 0 Å². The van der Waals surface area contributed by atoms with Gasteiger partial charge < -0.3 is 10.2 Å². The van der Waals surface area contributed by atoms with Crippen molar-refractivity contribution < 1.29 is 18.0 Å². The highest BCUT2D eigenvalue weighted by Gasteiger charge is 2.27. The number of hydrogen-bond donors (Lipinski definition) is 1. The molecule has 0 unspecified atom stereocenters. The second-order valence-electron chi connectivity index (χ2n) is 7.54. The predicted octanol–water partition coefficient (Wildman–Crippen LogP) is 3.47. The van der Waals surface area contributed by atoms with Crippen LogP contribution >= 0.6 is 11.6 Å². The fraction of sp³-hybridized carbons (Fsp3) is 0.391. The van der Waals surface area contributed by atoms with Gasteiger partial charge in [0, 0.05) is 48.9 Å². The van der Waals surface area contributed by atoms with Crippen molar-refractivity contribution in [1.29, 1.82) is 0 Å². The van der Waals surface area contributed by atoms with Crippen LogP contribution in [0.1, 0.15) is 42.6 Å². The first-order valence-corrected chi connectivity index (χ1v) is 12.6. The van der Waals surface area contributed by atoms with Crippen molar-refractivity contribution in [3.05, 3.63) is 58.6 Å². The van der Waals surface area contributed by atoms with E-state index in [0.717, 1.165) is 17.7 Å². The Morgan fingerprint density at radius 3 is 2.44 bits per heavy atom. The summed E-state index contributed by atoms with van der Waals surface area (Å²) in [4.78, 5) is 27.0. The van der Waals surface area contributed by atoms with Gasteiger partial charge in [0.2, 0.25) is 15.9 Å². The van der Waals surface area contributed by atoms with Crippen LogP contribution in [0.2, 0.25) is 5.02 Å². The Morgan fingerprint density at radius 1 is 1.09 bits per heavy atom. The largest absolute Gasteiger partial charge is 0.352 e. The molecule has 2 aromatic rings. The van der Waals surface area contributed by atoms with Crippen LogP contribution in [0.15, 0.2) is 47.4 Å². The van der Waals surface area contributed by atoms with Crippen LogP contribution in [-0.4, -0.2) is 50.7 Å². The zero-order valence-corrected chi connectivity index (χ0v) is 19.9. The number of nitrogens with one attached hydrogen (secondary N) is 1. The third-order valence-electron chi connectivity index (χ3n) is 5.54. The number of sulfonamides is 1. The average molecular weight is 478 g/mol. The molecular weight excluding hydrogens is 450 g/mol. The van der Waals surface area contributed by atoms with Gasteiger partial charge in [-0.05, 0) is 60.9 Å². The standard InChI is InChI=1S/C23H28ClN3O4S/c1-3-26(4-2)32(30,31)20-11-12-21-18(16-20)6-5-15-27(21)22(28)13-14-25-23(29)17-7-9-19(24)10-8-17/h7-12,16H,3-6,13-15H2,1-2H3,(H,25,29). The number of fused-ring (bicyclic) bond motifs is 1. The lowest BCUT2D eigenvalue weighted by Gasteiger charge is -2.30. The van der Waals surface area contributed by atoms with E-state index in [0.29, 0.717) is 36.6 Å². The number of rotatable bonds is 8. The van der Waals surface area contributed by atoms with Gasteiger partial charge in [0.05, 0.1) is 4.90 Å². The van der Waals surface area contributed by atoms with Crippen LogP contribution in [0.4, 0.5) is 5.69 Å². The number of aryl methyl sites for hydroxylation is 1. The van der Waals surface area contributed by atoms with Crippen molar-refractivity contribution >= 4 is 39.1 Å². The molecule has 7 nitrogen and oxygen atoms in total. The van der Waals surface area contributed by atoms with Crippen molar-refractivity contribution in [1.82, 2.24) is 9.62 Å². The van der Waals surface area contributed by atoms with E-state index in [1.807, 2.05) is 13.8 Å². The summed E-state index contributed by atoms with van der Waals surface area (Å²) in [6.45, 7) is 5.21. The molecule has 0 bridgehead atoms. The first-order valence-electron chi connectivity index (χ1n) is 10.7. The summed E-state index contributed by atoms with van der Waals surface area (Å²) in [6.07, 6.45) is 1.62. The third kappa shape index (κ3) is 5.31. The molecule has 0 saturated heterocycles. The van der Waals surface area contributed by atoms with E-state index in [1.54, 1.807) is 47.4 Å². The van der Waals surface area contributed by atoms with Crippen molar-refractivity contribution in [2.75, 3.05) is 31.1 Å². The molecular formula is C23H28ClN3O4S. The molecule has 3 rings (SSSR count). The van der Waals surface area contributed by atoms with E-state index in [-0.39, 0.29) is 29.7 Å². The summed E-state index contributed by atoms with van der Waals surface area (Å²) in [5, 5.41) is 3.30. The quantitative estimate of drug-likeness (QED) is 0.630. The van der Waals surface area contributed by atoms with Gasteiger partial charge in [0.15, 0.2) is 0 Å². The summed E-state index contributed by atoms with van der Waals surface area (Å²) in [5.74, 6) is -0.374. The molecule has 9 heteroatoms. The zero-order valence-electron chi connectivity index (χ0n) is 18.3. The lowest BCUT2D eigenvalue weighted by atomic mass is 10.0. The highest BCUT2D eigenvalue weighted by molar-refractivity contribution is 7.89. The molecule has 1 N–H and O–H groups in total. The van der Waals surface area contributed by atoms with E-state index in [2.05, 4.69) is 5.32 Å². The minimum atomic E-state index is -3.55.